The normalized spacial score (nSPS) is 12.2. The molecule has 1 heterocycles. The Hall–Kier alpha value is -1.39. The minimum atomic E-state index is 0.228. The quantitative estimate of drug-likeness (QED) is 0.866. The monoisotopic (exact) mass is 334 g/mol. The largest absolute Gasteiger partial charge is 0.455 e. The Kier molecular flexibility index (Phi) is 5.15. The third-order valence-corrected chi connectivity index (χ3v) is 3.55. The summed E-state index contributed by atoms with van der Waals surface area (Å²) >= 11 is 3.52. The molecule has 3 nitrogen and oxygen atoms in total. The number of nitrogens with one attached hydrogen (secondary N) is 1. The van der Waals surface area contributed by atoms with Crippen LogP contribution in [0.4, 0.5) is 0 Å². The molecule has 0 aliphatic heterocycles. The van der Waals surface area contributed by atoms with E-state index in [1.807, 2.05) is 31.2 Å². The molecule has 4 heteroatoms. The van der Waals surface area contributed by atoms with Gasteiger partial charge in [-0.1, -0.05) is 22.9 Å². The fourth-order valence-corrected chi connectivity index (χ4v) is 2.39. The third kappa shape index (κ3) is 3.81. The number of ether oxygens (including phenoxy) is 1. The van der Waals surface area contributed by atoms with Gasteiger partial charge in [0.2, 0.25) is 0 Å². The maximum atomic E-state index is 5.96. The first-order chi connectivity index (χ1) is 9.60. The molecule has 1 unspecified atom stereocenters. The van der Waals surface area contributed by atoms with E-state index >= 15 is 0 Å². The van der Waals surface area contributed by atoms with Crippen molar-refractivity contribution in [1.82, 2.24) is 10.3 Å². The molecule has 1 atom stereocenters. The van der Waals surface area contributed by atoms with Gasteiger partial charge in [-0.3, -0.25) is 4.98 Å². The van der Waals surface area contributed by atoms with E-state index in [4.69, 9.17) is 4.74 Å². The van der Waals surface area contributed by atoms with E-state index in [0.717, 1.165) is 33.8 Å². The van der Waals surface area contributed by atoms with Crippen molar-refractivity contribution >= 4 is 15.9 Å². The Bertz CT molecular complexity index is 569. The van der Waals surface area contributed by atoms with Gasteiger partial charge in [0.05, 0.1) is 6.20 Å². The van der Waals surface area contributed by atoms with Crippen LogP contribution in [-0.4, -0.2) is 11.5 Å². The average molecular weight is 335 g/mol. The van der Waals surface area contributed by atoms with Crippen molar-refractivity contribution in [3.63, 3.8) is 0 Å². The second-order valence-corrected chi connectivity index (χ2v) is 5.61. The van der Waals surface area contributed by atoms with Crippen LogP contribution < -0.4 is 10.1 Å². The predicted molar refractivity (Wildman–Crippen MR) is 85.3 cm³/mol. The second kappa shape index (κ2) is 6.86. The van der Waals surface area contributed by atoms with Crippen LogP contribution in [0.15, 0.2) is 41.0 Å². The summed E-state index contributed by atoms with van der Waals surface area (Å²) in [5.41, 5.74) is 2.11. The third-order valence-electron chi connectivity index (χ3n) is 3.06. The lowest BCUT2D eigenvalue weighted by atomic mass is 10.1. The fourth-order valence-electron chi connectivity index (χ4n) is 2.01. The average Bonchev–Trinajstić information content (AvgIpc) is 2.43. The zero-order chi connectivity index (χ0) is 14.5. The minimum Gasteiger partial charge on any atom is -0.455 e. The van der Waals surface area contributed by atoms with E-state index in [-0.39, 0.29) is 6.04 Å². The number of hydrogen-bond acceptors (Lipinski definition) is 3. The van der Waals surface area contributed by atoms with Gasteiger partial charge in [-0.15, -0.1) is 0 Å². The Morgan fingerprint density at radius 2 is 2.10 bits per heavy atom. The van der Waals surface area contributed by atoms with Crippen molar-refractivity contribution < 1.29 is 4.74 Å². The molecule has 1 aromatic heterocycles. The highest BCUT2D eigenvalue weighted by Crippen LogP contribution is 2.31. The summed E-state index contributed by atoms with van der Waals surface area (Å²) in [6.07, 6.45) is 1.75. The van der Waals surface area contributed by atoms with Crippen molar-refractivity contribution in [2.45, 2.75) is 26.8 Å². The van der Waals surface area contributed by atoms with Crippen LogP contribution in [0.3, 0.4) is 0 Å². The van der Waals surface area contributed by atoms with E-state index in [2.05, 4.69) is 46.1 Å². The van der Waals surface area contributed by atoms with Gasteiger partial charge in [0.1, 0.15) is 11.5 Å². The predicted octanol–water partition coefficient (Wildman–Crippen LogP) is 4.62. The Morgan fingerprint density at radius 1 is 1.30 bits per heavy atom. The van der Waals surface area contributed by atoms with E-state index in [1.54, 1.807) is 6.20 Å². The van der Waals surface area contributed by atoms with Crippen LogP contribution in [0.2, 0.25) is 0 Å². The Labute approximate surface area is 128 Å². The molecule has 20 heavy (non-hydrogen) atoms. The zero-order valence-electron chi connectivity index (χ0n) is 12.0. The number of nitrogens with zero attached hydrogens (tertiary/aromatic N) is 1. The van der Waals surface area contributed by atoms with E-state index in [9.17, 15) is 0 Å². The Balaban J connectivity index is 2.28. The molecule has 0 spiro atoms. The van der Waals surface area contributed by atoms with E-state index in [0.29, 0.717) is 0 Å². The van der Waals surface area contributed by atoms with Crippen molar-refractivity contribution in [3.8, 4) is 11.5 Å². The zero-order valence-corrected chi connectivity index (χ0v) is 13.6. The van der Waals surface area contributed by atoms with Crippen LogP contribution in [0, 0.1) is 6.92 Å². The van der Waals surface area contributed by atoms with Crippen molar-refractivity contribution in [2.24, 2.45) is 0 Å². The molecular formula is C16H19BrN2O. The maximum absolute atomic E-state index is 5.96. The van der Waals surface area contributed by atoms with Crippen molar-refractivity contribution in [1.29, 1.82) is 0 Å². The number of rotatable bonds is 5. The number of hydrogen-bond donors (Lipinski definition) is 1. The van der Waals surface area contributed by atoms with Gasteiger partial charge in [0, 0.05) is 21.8 Å². The Morgan fingerprint density at radius 3 is 2.75 bits per heavy atom. The van der Waals surface area contributed by atoms with Gasteiger partial charge >= 0.3 is 0 Å². The summed E-state index contributed by atoms with van der Waals surface area (Å²) in [5, 5.41) is 3.41. The number of benzene rings is 1. The molecule has 0 fully saturated rings. The molecule has 0 bridgehead atoms. The molecule has 2 aromatic rings. The first-order valence-corrected chi connectivity index (χ1v) is 7.52. The highest BCUT2D eigenvalue weighted by atomic mass is 79.9. The van der Waals surface area contributed by atoms with Gasteiger partial charge in [0.25, 0.3) is 0 Å². The lowest BCUT2D eigenvalue weighted by Crippen LogP contribution is -2.18. The fraction of sp³-hybridized carbons (Fsp3) is 0.312. The van der Waals surface area contributed by atoms with Gasteiger partial charge in [-0.2, -0.15) is 0 Å². The van der Waals surface area contributed by atoms with Crippen LogP contribution in [0.1, 0.15) is 31.1 Å². The van der Waals surface area contributed by atoms with Gasteiger partial charge in [-0.25, -0.2) is 0 Å². The molecule has 0 radical (unpaired) electrons. The summed E-state index contributed by atoms with van der Waals surface area (Å²) in [4.78, 5) is 4.25. The summed E-state index contributed by atoms with van der Waals surface area (Å²) in [6, 6.07) is 10.2. The van der Waals surface area contributed by atoms with Crippen molar-refractivity contribution in [2.75, 3.05) is 6.54 Å². The van der Waals surface area contributed by atoms with Crippen molar-refractivity contribution in [3.05, 3.63) is 52.3 Å². The summed E-state index contributed by atoms with van der Waals surface area (Å²) in [6.45, 7) is 7.10. The number of aromatic nitrogens is 1. The van der Waals surface area contributed by atoms with Crippen LogP contribution in [0.5, 0.6) is 11.5 Å². The topological polar surface area (TPSA) is 34.1 Å². The number of halogens is 1. The van der Waals surface area contributed by atoms with E-state index < -0.39 is 0 Å². The minimum absolute atomic E-state index is 0.228. The second-order valence-electron chi connectivity index (χ2n) is 4.70. The van der Waals surface area contributed by atoms with Gasteiger partial charge in [0.15, 0.2) is 0 Å². The lowest BCUT2D eigenvalue weighted by molar-refractivity contribution is 0.460. The first kappa shape index (κ1) is 15.0. The van der Waals surface area contributed by atoms with Gasteiger partial charge < -0.3 is 10.1 Å². The highest BCUT2D eigenvalue weighted by Gasteiger charge is 2.12. The SMILES string of the molecule is CCNC(C)c1cc(Br)ccc1Oc1ccc(C)nc1. The summed E-state index contributed by atoms with van der Waals surface area (Å²) in [5.74, 6) is 1.61. The molecule has 0 saturated heterocycles. The van der Waals surface area contributed by atoms with E-state index in [1.165, 1.54) is 0 Å². The molecule has 0 saturated carbocycles. The smallest absolute Gasteiger partial charge is 0.145 e. The maximum Gasteiger partial charge on any atom is 0.145 e. The molecule has 1 N–H and O–H groups in total. The van der Waals surface area contributed by atoms with Crippen LogP contribution in [-0.2, 0) is 0 Å². The first-order valence-electron chi connectivity index (χ1n) is 6.73. The number of aryl methyl sites for hydroxylation is 1. The molecule has 0 aliphatic carbocycles. The number of pyridine rings is 1. The summed E-state index contributed by atoms with van der Waals surface area (Å²) in [7, 11) is 0. The van der Waals surface area contributed by atoms with Crippen LogP contribution in [0.25, 0.3) is 0 Å². The molecule has 106 valence electrons. The molecule has 2 rings (SSSR count). The molecular weight excluding hydrogens is 316 g/mol. The standard InChI is InChI=1S/C16H19BrN2O/c1-4-18-12(3)15-9-13(17)6-8-16(15)20-14-7-5-11(2)19-10-14/h5-10,12,18H,4H2,1-3H3. The molecule has 0 aliphatic rings. The molecule has 0 amide bonds. The molecule has 1 aromatic carbocycles. The van der Waals surface area contributed by atoms with Gasteiger partial charge in [-0.05, 0) is 50.7 Å². The highest BCUT2D eigenvalue weighted by molar-refractivity contribution is 9.10. The van der Waals surface area contributed by atoms with Crippen LogP contribution >= 0.6 is 15.9 Å². The lowest BCUT2D eigenvalue weighted by Gasteiger charge is -2.18. The summed E-state index contributed by atoms with van der Waals surface area (Å²) < 4.78 is 7.01.